The number of anilines is 1. The van der Waals surface area contributed by atoms with Crippen molar-refractivity contribution in [1.29, 1.82) is 0 Å². The minimum Gasteiger partial charge on any atom is -0.354 e. The lowest BCUT2D eigenvalue weighted by molar-refractivity contribution is -0.140. The fraction of sp³-hybridized carbons (Fsp3) is 0.440. The number of nitrogens with one attached hydrogen (secondary N) is 1. The average molecular weight is 508 g/mol. The first-order chi connectivity index (χ1) is 16.0. The number of carbonyl (C=O) groups is 2. The van der Waals surface area contributed by atoms with Gasteiger partial charge >= 0.3 is 0 Å². The second-order valence-electron chi connectivity index (χ2n) is 8.40. The zero-order chi connectivity index (χ0) is 25.3. The largest absolute Gasteiger partial charge is 0.354 e. The molecule has 186 valence electrons. The van der Waals surface area contributed by atoms with E-state index >= 15 is 0 Å². The van der Waals surface area contributed by atoms with E-state index in [9.17, 15) is 18.0 Å². The molecule has 2 rings (SSSR count). The molecular formula is C25H34ClN3O4S. The summed E-state index contributed by atoms with van der Waals surface area (Å²) in [5, 5.41) is 3.39. The molecule has 1 unspecified atom stereocenters. The highest BCUT2D eigenvalue weighted by atomic mass is 35.5. The van der Waals surface area contributed by atoms with Crippen molar-refractivity contribution in [3.63, 3.8) is 0 Å². The molecule has 0 fully saturated rings. The number of benzene rings is 2. The number of amides is 2. The van der Waals surface area contributed by atoms with Crippen LogP contribution in [-0.4, -0.2) is 50.5 Å². The first kappa shape index (κ1) is 27.7. The monoisotopic (exact) mass is 507 g/mol. The van der Waals surface area contributed by atoms with Gasteiger partial charge in [0, 0.05) is 31.1 Å². The number of sulfonamides is 1. The molecule has 1 N–H and O–H groups in total. The lowest BCUT2D eigenvalue weighted by atomic mass is 10.1. The topological polar surface area (TPSA) is 86.8 Å². The Labute approximate surface area is 208 Å². The Morgan fingerprint density at radius 2 is 1.82 bits per heavy atom. The summed E-state index contributed by atoms with van der Waals surface area (Å²) in [6, 6.07) is 13.7. The standard InChI is InChI=1S/C25H34ClN3O4S/c1-5-14-27-25(31)20(3)28(18-21-10-7-11-22(26)17-21)24(30)13-8-15-29(34(4,32)33)23-12-6-9-19(2)16-23/h6-7,9-12,16-17,20H,5,8,13-15,18H2,1-4H3,(H,27,31). The number of rotatable bonds is 12. The summed E-state index contributed by atoms with van der Waals surface area (Å²) in [7, 11) is -3.52. The lowest BCUT2D eigenvalue weighted by Crippen LogP contribution is -2.47. The Morgan fingerprint density at radius 3 is 2.44 bits per heavy atom. The van der Waals surface area contributed by atoms with E-state index in [2.05, 4.69) is 5.32 Å². The van der Waals surface area contributed by atoms with Crippen LogP contribution >= 0.6 is 11.6 Å². The number of carbonyl (C=O) groups excluding carboxylic acids is 2. The van der Waals surface area contributed by atoms with E-state index in [1.807, 2.05) is 26.0 Å². The number of aryl methyl sites for hydroxylation is 1. The molecule has 0 heterocycles. The molecule has 0 spiro atoms. The second kappa shape index (κ2) is 12.8. The van der Waals surface area contributed by atoms with E-state index in [0.717, 1.165) is 23.8 Å². The van der Waals surface area contributed by atoms with E-state index in [-0.39, 0.29) is 31.3 Å². The van der Waals surface area contributed by atoms with Gasteiger partial charge in [0.05, 0.1) is 11.9 Å². The maximum absolute atomic E-state index is 13.2. The number of nitrogens with zero attached hydrogens (tertiary/aromatic N) is 2. The Hall–Kier alpha value is -2.58. The maximum Gasteiger partial charge on any atom is 0.242 e. The quantitative estimate of drug-likeness (QED) is 0.467. The van der Waals surface area contributed by atoms with Gasteiger partial charge in [0.1, 0.15) is 6.04 Å². The van der Waals surface area contributed by atoms with Crippen molar-refractivity contribution in [2.75, 3.05) is 23.7 Å². The smallest absolute Gasteiger partial charge is 0.242 e. The van der Waals surface area contributed by atoms with Crippen LogP contribution in [0, 0.1) is 6.92 Å². The van der Waals surface area contributed by atoms with Gasteiger partial charge in [0.25, 0.3) is 0 Å². The summed E-state index contributed by atoms with van der Waals surface area (Å²) in [4.78, 5) is 27.4. The van der Waals surface area contributed by atoms with Gasteiger partial charge < -0.3 is 10.2 Å². The van der Waals surface area contributed by atoms with Crippen molar-refractivity contribution in [2.45, 2.75) is 52.6 Å². The Balaban J connectivity index is 2.15. The van der Waals surface area contributed by atoms with E-state index in [4.69, 9.17) is 11.6 Å². The molecule has 0 saturated carbocycles. The minimum absolute atomic E-state index is 0.101. The van der Waals surface area contributed by atoms with Crippen molar-refractivity contribution in [3.05, 3.63) is 64.7 Å². The van der Waals surface area contributed by atoms with E-state index in [0.29, 0.717) is 23.7 Å². The minimum atomic E-state index is -3.52. The van der Waals surface area contributed by atoms with Crippen molar-refractivity contribution in [1.82, 2.24) is 10.2 Å². The highest BCUT2D eigenvalue weighted by Crippen LogP contribution is 2.20. The van der Waals surface area contributed by atoms with Crippen LogP contribution in [-0.2, 0) is 26.2 Å². The number of halogens is 1. The van der Waals surface area contributed by atoms with Crippen molar-refractivity contribution in [2.24, 2.45) is 0 Å². The third-order valence-corrected chi connectivity index (χ3v) is 6.83. The Bertz CT molecular complexity index is 1090. The van der Waals surface area contributed by atoms with Crippen LogP contribution in [0.25, 0.3) is 0 Å². The molecule has 0 saturated heterocycles. The summed E-state index contributed by atoms with van der Waals surface area (Å²) in [6.45, 7) is 6.47. The van der Waals surface area contributed by atoms with Gasteiger partial charge in [-0.25, -0.2) is 8.42 Å². The van der Waals surface area contributed by atoms with Crippen LogP contribution in [0.15, 0.2) is 48.5 Å². The van der Waals surface area contributed by atoms with Crippen LogP contribution in [0.3, 0.4) is 0 Å². The molecule has 0 aromatic heterocycles. The van der Waals surface area contributed by atoms with Gasteiger partial charge in [-0.15, -0.1) is 0 Å². The average Bonchev–Trinajstić information content (AvgIpc) is 2.77. The highest BCUT2D eigenvalue weighted by molar-refractivity contribution is 7.92. The van der Waals surface area contributed by atoms with Gasteiger partial charge in [-0.05, 0) is 62.1 Å². The van der Waals surface area contributed by atoms with Gasteiger partial charge in [-0.3, -0.25) is 13.9 Å². The SMILES string of the molecule is CCCNC(=O)C(C)N(Cc1cccc(Cl)c1)C(=O)CCCN(c1cccc(C)c1)S(C)(=O)=O. The van der Waals surface area contributed by atoms with E-state index in [1.54, 1.807) is 43.3 Å². The summed E-state index contributed by atoms with van der Waals surface area (Å²) < 4.78 is 26.1. The molecule has 0 aliphatic rings. The van der Waals surface area contributed by atoms with Gasteiger partial charge in [-0.1, -0.05) is 42.8 Å². The second-order valence-corrected chi connectivity index (χ2v) is 10.7. The third-order valence-electron chi connectivity index (χ3n) is 5.40. The zero-order valence-corrected chi connectivity index (χ0v) is 21.8. The molecule has 2 amide bonds. The summed E-state index contributed by atoms with van der Waals surface area (Å²) in [5.41, 5.74) is 2.33. The molecule has 1 atom stereocenters. The summed E-state index contributed by atoms with van der Waals surface area (Å²) in [5.74, 6) is -0.452. The first-order valence-electron chi connectivity index (χ1n) is 11.4. The van der Waals surface area contributed by atoms with Crippen LogP contribution < -0.4 is 9.62 Å². The van der Waals surface area contributed by atoms with Gasteiger partial charge in [0.2, 0.25) is 21.8 Å². The molecular weight excluding hydrogens is 474 g/mol. The first-order valence-corrected chi connectivity index (χ1v) is 13.6. The highest BCUT2D eigenvalue weighted by Gasteiger charge is 2.26. The van der Waals surface area contributed by atoms with Crippen molar-refractivity contribution < 1.29 is 18.0 Å². The Morgan fingerprint density at radius 1 is 1.12 bits per heavy atom. The van der Waals surface area contributed by atoms with Crippen LogP contribution in [0.5, 0.6) is 0 Å². The summed E-state index contributed by atoms with van der Waals surface area (Å²) >= 11 is 6.10. The fourth-order valence-corrected chi connectivity index (χ4v) is 4.77. The van der Waals surface area contributed by atoms with Crippen molar-refractivity contribution >= 4 is 39.1 Å². The number of hydrogen-bond acceptors (Lipinski definition) is 4. The molecule has 0 radical (unpaired) electrons. The zero-order valence-electron chi connectivity index (χ0n) is 20.3. The predicted octanol–water partition coefficient (Wildman–Crippen LogP) is 4.14. The summed E-state index contributed by atoms with van der Waals surface area (Å²) in [6.07, 6.45) is 2.36. The molecule has 0 bridgehead atoms. The van der Waals surface area contributed by atoms with Crippen LogP contribution in [0.4, 0.5) is 5.69 Å². The van der Waals surface area contributed by atoms with E-state index < -0.39 is 16.1 Å². The van der Waals surface area contributed by atoms with Crippen LogP contribution in [0.2, 0.25) is 5.02 Å². The van der Waals surface area contributed by atoms with Crippen LogP contribution in [0.1, 0.15) is 44.2 Å². The molecule has 0 aliphatic carbocycles. The molecule has 7 nitrogen and oxygen atoms in total. The molecule has 34 heavy (non-hydrogen) atoms. The van der Waals surface area contributed by atoms with E-state index in [1.165, 1.54) is 9.21 Å². The third kappa shape index (κ3) is 8.33. The van der Waals surface area contributed by atoms with Gasteiger partial charge in [-0.2, -0.15) is 0 Å². The fourth-order valence-electron chi connectivity index (χ4n) is 3.60. The molecule has 2 aromatic rings. The predicted molar refractivity (Wildman–Crippen MR) is 137 cm³/mol. The number of hydrogen-bond donors (Lipinski definition) is 1. The molecule has 2 aromatic carbocycles. The normalized spacial score (nSPS) is 12.1. The lowest BCUT2D eigenvalue weighted by Gasteiger charge is -2.29. The van der Waals surface area contributed by atoms with Gasteiger partial charge in [0.15, 0.2) is 0 Å². The Kier molecular flexibility index (Phi) is 10.4. The maximum atomic E-state index is 13.2. The molecule has 0 aliphatic heterocycles. The molecule has 9 heteroatoms. The van der Waals surface area contributed by atoms with Crippen molar-refractivity contribution in [3.8, 4) is 0 Å².